The molecule has 4 heteroatoms. The lowest BCUT2D eigenvalue weighted by atomic mass is 10.0. The van der Waals surface area contributed by atoms with Crippen molar-refractivity contribution in [2.75, 3.05) is 0 Å². The quantitative estimate of drug-likeness (QED) is 0.296. The minimum atomic E-state index is 0.0566. The lowest BCUT2D eigenvalue weighted by Crippen LogP contribution is -1.93. The Kier molecular flexibility index (Phi) is 4.43. The van der Waals surface area contributed by atoms with Crippen LogP contribution in [0.1, 0.15) is 9.43 Å². The van der Waals surface area contributed by atoms with Crippen LogP contribution in [0.15, 0.2) is 54.6 Å². The summed E-state index contributed by atoms with van der Waals surface area (Å²) in [7, 11) is 0. The van der Waals surface area contributed by atoms with Gasteiger partial charge in [-0.3, -0.25) is 4.98 Å². The van der Waals surface area contributed by atoms with Crippen LogP contribution >= 0.6 is 54.5 Å². The molecule has 20 heavy (non-hydrogen) atoms. The minimum Gasteiger partial charge on any atom is -0.250 e. The number of nitrogens with zero attached hydrogens (tertiary/aromatic N) is 1. The third-order valence-electron chi connectivity index (χ3n) is 3.08. The van der Waals surface area contributed by atoms with Gasteiger partial charge in [-0.25, -0.2) is 0 Å². The van der Waals surface area contributed by atoms with Crippen LogP contribution in [0, 0.1) is 3.57 Å². The van der Waals surface area contributed by atoms with Crippen LogP contribution in [0.4, 0.5) is 0 Å². The highest BCUT2D eigenvalue weighted by molar-refractivity contribution is 14.1. The van der Waals surface area contributed by atoms with E-state index in [0.29, 0.717) is 0 Å². The summed E-state index contributed by atoms with van der Waals surface area (Å²) < 4.78 is 1.27. The fourth-order valence-corrected chi connectivity index (χ4v) is 3.20. The second-order valence-corrected chi connectivity index (χ2v) is 8.73. The Morgan fingerprint density at radius 3 is 2.50 bits per heavy atom. The van der Waals surface area contributed by atoms with E-state index in [1.54, 1.807) is 0 Å². The van der Waals surface area contributed by atoms with Gasteiger partial charge in [0.15, 0.2) is 0 Å². The number of aromatic nitrogens is 1. The van der Waals surface area contributed by atoms with Crippen molar-refractivity contribution < 1.29 is 0 Å². The van der Waals surface area contributed by atoms with Crippen molar-refractivity contribution in [2.24, 2.45) is 0 Å². The lowest BCUT2D eigenvalue weighted by Gasteiger charge is -2.10. The smallest absolute Gasteiger partial charge is 0.112 e. The molecule has 0 spiro atoms. The summed E-state index contributed by atoms with van der Waals surface area (Å²) in [6.45, 7) is 0. The Morgan fingerprint density at radius 2 is 1.75 bits per heavy atom. The molecule has 0 aliphatic heterocycles. The summed E-state index contributed by atoms with van der Waals surface area (Å²) in [5, 5.41) is 2.38. The van der Waals surface area contributed by atoms with Gasteiger partial charge in [-0.05, 0) is 46.2 Å². The molecule has 0 amide bonds. The van der Waals surface area contributed by atoms with Gasteiger partial charge in [-0.2, -0.15) is 0 Å². The molecule has 0 bridgehead atoms. The largest absolute Gasteiger partial charge is 0.250 e. The van der Waals surface area contributed by atoms with Crippen LogP contribution in [-0.4, -0.2) is 4.98 Å². The first-order chi connectivity index (χ1) is 9.65. The first kappa shape index (κ1) is 14.5. The highest BCUT2D eigenvalue weighted by Crippen LogP contribution is 2.34. The molecule has 1 heterocycles. The van der Waals surface area contributed by atoms with E-state index >= 15 is 0 Å². The zero-order valence-corrected chi connectivity index (χ0v) is 15.7. The monoisotopic (exact) mass is 501 g/mol. The molecule has 3 aromatic rings. The molecule has 0 unspecified atom stereocenters. The van der Waals surface area contributed by atoms with Crippen molar-refractivity contribution >= 4 is 65.2 Å². The highest BCUT2D eigenvalue weighted by atomic mass is 127. The molecular weight excluding hydrogens is 493 g/mol. The Labute approximate surface area is 148 Å². The number of fused-ring (bicyclic) bond motifs is 1. The summed E-state index contributed by atoms with van der Waals surface area (Å²) >= 11 is 9.42. The molecule has 100 valence electrons. The Balaban J connectivity index is 2.32. The van der Waals surface area contributed by atoms with E-state index in [2.05, 4.69) is 109 Å². The zero-order chi connectivity index (χ0) is 14.1. The normalized spacial score (nSPS) is 11.2. The third kappa shape index (κ3) is 2.92. The van der Waals surface area contributed by atoms with Crippen molar-refractivity contribution in [3.8, 4) is 11.3 Å². The third-order valence-corrected chi connectivity index (χ3v) is 4.69. The molecule has 0 saturated heterocycles. The molecule has 3 rings (SSSR count). The summed E-state index contributed by atoms with van der Waals surface area (Å²) in [4.78, 5) is 4.81. The maximum atomic E-state index is 4.81. The highest BCUT2D eigenvalue weighted by Gasteiger charge is 2.11. The summed E-state index contributed by atoms with van der Waals surface area (Å²) in [6, 6.07) is 18.9. The predicted molar refractivity (Wildman–Crippen MR) is 100 cm³/mol. The van der Waals surface area contributed by atoms with Crippen molar-refractivity contribution in [1.82, 2.24) is 4.98 Å². The van der Waals surface area contributed by atoms with Crippen LogP contribution in [0.25, 0.3) is 22.0 Å². The second-order valence-electron chi connectivity index (χ2n) is 4.43. The molecule has 2 aromatic carbocycles. The van der Waals surface area contributed by atoms with Crippen LogP contribution in [-0.2, 0) is 0 Å². The number of alkyl halides is 2. The fraction of sp³-hybridized carbons (Fsp3) is 0.0625. The van der Waals surface area contributed by atoms with Crippen LogP contribution in [0.3, 0.4) is 0 Å². The van der Waals surface area contributed by atoms with Crippen LogP contribution < -0.4 is 0 Å². The SMILES string of the molecule is BrC(Br)c1cc2ccccc2c(-c2cccc(I)c2)n1. The van der Waals surface area contributed by atoms with Gasteiger partial charge in [-0.15, -0.1) is 0 Å². The molecule has 0 saturated carbocycles. The second kappa shape index (κ2) is 6.12. The first-order valence-electron chi connectivity index (χ1n) is 6.09. The van der Waals surface area contributed by atoms with Gasteiger partial charge in [0, 0.05) is 14.5 Å². The van der Waals surface area contributed by atoms with Gasteiger partial charge < -0.3 is 0 Å². The Bertz CT molecular complexity index is 771. The van der Waals surface area contributed by atoms with Crippen molar-refractivity contribution in [2.45, 2.75) is 3.74 Å². The summed E-state index contributed by atoms with van der Waals surface area (Å²) in [6.07, 6.45) is 0. The van der Waals surface area contributed by atoms with E-state index in [-0.39, 0.29) is 3.74 Å². The zero-order valence-electron chi connectivity index (χ0n) is 10.4. The maximum absolute atomic E-state index is 4.81. The van der Waals surface area contributed by atoms with Gasteiger partial charge in [-0.1, -0.05) is 68.3 Å². The molecule has 0 atom stereocenters. The van der Waals surface area contributed by atoms with Crippen molar-refractivity contribution in [1.29, 1.82) is 0 Å². The number of pyridine rings is 1. The van der Waals surface area contributed by atoms with E-state index in [9.17, 15) is 0 Å². The van der Waals surface area contributed by atoms with E-state index < -0.39 is 0 Å². The number of hydrogen-bond donors (Lipinski definition) is 0. The van der Waals surface area contributed by atoms with Gasteiger partial charge in [0.25, 0.3) is 0 Å². The van der Waals surface area contributed by atoms with E-state index in [1.165, 1.54) is 14.3 Å². The Morgan fingerprint density at radius 1 is 0.950 bits per heavy atom. The summed E-state index contributed by atoms with van der Waals surface area (Å²) in [5.41, 5.74) is 3.16. The van der Waals surface area contributed by atoms with E-state index in [0.717, 1.165) is 17.0 Å². The predicted octanol–water partition coefficient (Wildman–Crippen LogP) is 6.29. The van der Waals surface area contributed by atoms with Gasteiger partial charge in [0.05, 0.1) is 11.4 Å². The maximum Gasteiger partial charge on any atom is 0.112 e. The number of hydrogen-bond acceptors (Lipinski definition) is 1. The van der Waals surface area contributed by atoms with Crippen molar-refractivity contribution in [3.05, 3.63) is 63.9 Å². The lowest BCUT2D eigenvalue weighted by molar-refractivity contribution is 1.20. The molecule has 0 fully saturated rings. The topological polar surface area (TPSA) is 12.9 Å². The standard InChI is InChI=1S/C16H10Br2IN/c17-16(18)14-9-10-4-1-2-7-13(10)15(20-14)11-5-3-6-12(19)8-11/h1-9,16H. The summed E-state index contributed by atoms with van der Waals surface area (Å²) in [5.74, 6) is 0. The molecule has 0 aliphatic rings. The minimum absolute atomic E-state index is 0.0566. The van der Waals surface area contributed by atoms with Crippen LogP contribution in [0.5, 0.6) is 0 Å². The van der Waals surface area contributed by atoms with Crippen LogP contribution in [0.2, 0.25) is 0 Å². The van der Waals surface area contributed by atoms with Gasteiger partial charge in [0.1, 0.15) is 3.74 Å². The average molecular weight is 503 g/mol. The van der Waals surface area contributed by atoms with E-state index in [4.69, 9.17) is 4.98 Å². The molecule has 1 nitrogen and oxygen atoms in total. The first-order valence-corrected chi connectivity index (χ1v) is 9.00. The number of halogens is 3. The number of rotatable bonds is 2. The van der Waals surface area contributed by atoms with Gasteiger partial charge >= 0.3 is 0 Å². The molecular formula is C16H10Br2IN. The van der Waals surface area contributed by atoms with Crippen molar-refractivity contribution in [3.63, 3.8) is 0 Å². The average Bonchev–Trinajstić information content (AvgIpc) is 2.46. The van der Waals surface area contributed by atoms with E-state index in [1.807, 2.05) is 0 Å². The van der Waals surface area contributed by atoms with Gasteiger partial charge in [0.2, 0.25) is 0 Å². The Hall–Kier alpha value is -0.460. The molecule has 0 radical (unpaired) electrons. The molecule has 0 aliphatic carbocycles. The molecule has 0 N–H and O–H groups in total. The fourth-order valence-electron chi connectivity index (χ4n) is 2.19. The number of benzene rings is 2. The molecule has 1 aromatic heterocycles.